The van der Waals surface area contributed by atoms with E-state index in [9.17, 15) is 27.6 Å². The summed E-state index contributed by atoms with van der Waals surface area (Å²) in [5.41, 5.74) is 3.29. The third kappa shape index (κ3) is 7.98. The number of alkyl halides is 3. The average Bonchev–Trinajstić information content (AvgIpc) is 3.07. The van der Waals surface area contributed by atoms with Crippen molar-refractivity contribution in [2.75, 3.05) is 6.61 Å². The zero-order chi connectivity index (χ0) is 33.6. The quantitative estimate of drug-likeness (QED) is 0.180. The monoisotopic (exact) mass is 640 g/mol. The van der Waals surface area contributed by atoms with Gasteiger partial charge in [-0.05, 0) is 66.8 Å². The van der Waals surface area contributed by atoms with Crippen LogP contribution in [0.5, 0.6) is 0 Å². The average molecular weight is 641 g/mol. The van der Waals surface area contributed by atoms with Gasteiger partial charge in [0.1, 0.15) is 0 Å². The lowest BCUT2D eigenvalue weighted by Gasteiger charge is -2.34. The van der Waals surface area contributed by atoms with Crippen molar-refractivity contribution in [1.82, 2.24) is 10.2 Å². The highest BCUT2D eigenvalue weighted by molar-refractivity contribution is 5.96. The van der Waals surface area contributed by atoms with Crippen LogP contribution >= 0.6 is 0 Å². The molecule has 242 valence electrons. The van der Waals surface area contributed by atoms with Crippen LogP contribution in [-0.4, -0.2) is 29.3 Å². The Kier molecular flexibility index (Phi) is 10.2. The number of nitrogens with one attached hydrogen (secondary N) is 1. The fraction of sp³-hybridized carbons (Fsp3) is 0.237. The summed E-state index contributed by atoms with van der Waals surface area (Å²) in [5, 5.41) is 3.16. The van der Waals surface area contributed by atoms with Gasteiger partial charge in [-0.15, -0.1) is 0 Å². The summed E-state index contributed by atoms with van der Waals surface area (Å²) in [4.78, 5) is 41.7. The van der Waals surface area contributed by atoms with Crippen molar-refractivity contribution in [3.63, 3.8) is 0 Å². The van der Waals surface area contributed by atoms with Crippen LogP contribution in [0.1, 0.15) is 70.4 Å². The Labute approximate surface area is 271 Å². The third-order valence-electron chi connectivity index (χ3n) is 8.28. The van der Waals surface area contributed by atoms with Crippen molar-refractivity contribution >= 4 is 17.8 Å². The lowest BCUT2D eigenvalue weighted by Crippen LogP contribution is -2.38. The molecule has 1 aliphatic heterocycles. The van der Waals surface area contributed by atoms with Gasteiger partial charge in [-0.1, -0.05) is 84.9 Å². The number of rotatable bonds is 10. The van der Waals surface area contributed by atoms with Crippen LogP contribution in [0.15, 0.2) is 120 Å². The van der Waals surface area contributed by atoms with E-state index < -0.39 is 23.6 Å². The first kappa shape index (κ1) is 33.2. The first-order valence-electron chi connectivity index (χ1n) is 15.4. The summed E-state index contributed by atoms with van der Waals surface area (Å²) in [7, 11) is 0. The molecule has 0 spiro atoms. The van der Waals surface area contributed by atoms with Gasteiger partial charge in [0.25, 0.3) is 5.91 Å². The van der Waals surface area contributed by atoms with Gasteiger partial charge < -0.3 is 15.0 Å². The first-order valence-corrected chi connectivity index (χ1v) is 15.4. The second-order valence-corrected chi connectivity index (χ2v) is 11.4. The maximum atomic E-state index is 13.6. The molecule has 9 heteroatoms. The number of hydrogen-bond acceptors (Lipinski definition) is 4. The number of esters is 1. The standard InChI is InChI=1S/C38H35F3N2O4/c1-3-47-37(46)35-25(2)43(34(44)23-32(35)28-17-19-31(20-18-28)38(39,40)41)24-27-13-10-16-30(21-27)36(45)42-33(29-14-8-5-9-15-29)22-26-11-6-4-7-12-26/h4-21,32-33H,3,22-24H2,1-2H3,(H,42,45)/t32-,33-/m0/s1. The Balaban J connectivity index is 1.39. The van der Waals surface area contributed by atoms with Gasteiger partial charge in [-0.25, -0.2) is 4.79 Å². The largest absolute Gasteiger partial charge is 0.463 e. The topological polar surface area (TPSA) is 75.7 Å². The molecule has 1 N–H and O–H groups in total. The molecule has 4 aromatic carbocycles. The molecule has 1 aliphatic rings. The highest BCUT2D eigenvalue weighted by Gasteiger charge is 2.38. The van der Waals surface area contributed by atoms with E-state index in [1.165, 1.54) is 17.0 Å². The number of allylic oxidation sites excluding steroid dienone is 1. The Morgan fingerprint density at radius 1 is 0.894 bits per heavy atom. The van der Waals surface area contributed by atoms with E-state index in [2.05, 4.69) is 5.32 Å². The lowest BCUT2D eigenvalue weighted by atomic mass is 9.83. The van der Waals surface area contributed by atoms with Gasteiger partial charge in [0.2, 0.25) is 5.91 Å². The highest BCUT2D eigenvalue weighted by Crippen LogP contribution is 2.39. The summed E-state index contributed by atoms with van der Waals surface area (Å²) in [6.45, 7) is 3.46. The number of nitrogens with zero attached hydrogens (tertiary/aromatic N) is 1. The molecule has 0 aromatic heterocycles. The molecule has 0 saturated carbocycles. The molecule has 4 aromatic rings. The van der Waals surface area contributed by atoms with Crippen molar-refractivity contribution in [3.05, 3.63) is 154 Å². The number of benzene rings is 4. The molecule has 0 radical (unpaired) electrons. The summed E-state index contributed by atoms with van der Waals surface area (Å²) >= 11 is 0. The molecule has 0 bridgehead atoms. The van der Waals surface area contributed by atoms with Crippen LogP contribution in [0, 0.1) is 0 Å². The fourth-order valence-corrected chi connectivity index (χ4v) is 5.89. The smallest absolute Gasteiger partial charge is 0.416 e. The third-order valence-corrected chi connectivity index (χ3v) is 8.28. The van der Waals surface area contributed by atoms with E-state index in [4.69, 9.17) is 4.74 Å². The van der Waals surface area contributed by atoms with Crippen molar-refractivity contribution < 1.29 is 32.3 Å². The number of ether oxygens (including phenoxy) is 1. The fourth-order valence-electron chi connectivity index (χ4n) is 5.89. The minimum absolute atomic E-state index is 0.0839. The van der Waals surface area contributed by atoms with Crippen molar-refractivity contribution in [1.29, 1.82) is 0 Å². The summed E-state index contributed by atoms with van der Waals surface area (Å²) in [5.74, 6) is -1.98. The molecule has 0 saturated heterocycles. The van der Waals surface area contributed by atoms with Crippen molar-refractivity contribution in [2.45, 2.75) is 51.4 Å². The van der Waals surface area contributed by atoms with Crippen LogP contribution < -0.4 is 5.32 Å². The molecular weight excluding hydrogens is 605 g/mol. The predicted octanol–water partition coefficient (Wildman–Crippen LogP) is 7.77. The number of carbonyl (C=O) groups is 3. The molecule has 2 amide bonds. The molecule has 1 heterocycles. The van der Waals surface area contributed by atoms with Crippen LogP contribution in [0.25, 0.3) is 0 Å². The van der Waals surface area contributed by atoms with Gasteiger partial charge >= 0.3 is 12.1 Å². The normalized spacial score (nSPS) is 15.7. The molecule has 0 fully saturated rings. The number of hydrogen-bond donors (Lipinski definition) is 1. The number of amides is 2. The minimum atomic E-state index is -4.51. The number of halogens is 3. The second-order valence-electron chi connectivity index (χ2n) is 11.4. The lowest BCUT2D eigenvalue weighted by molar-refractivity contribution is -0.140. The van der Waals surface area contributed by atoms with Crippen LogP contribution in [-0.2, 0) is 33.5 Å². The summed E-state index contributed by atoms with van der Waals surface area (Å²) in [6.07, 6.45) is -4.04. The molecule has 47 heavy (non-hydrogen) atoms. The van der Waals surface area contributed by atoms with Crippen molar-refractivity contribution in [3.8, 4) is 0 Å². The zero-order valence-electron chi connectivity index (χ0n) is 26.1. The second kappa shape index (κ2) is 14.5. The zero-order valence-corrected chi connectivity index (χ0v) is 26.1. The molecule has 2 atom stereocenters. The molecule has 5 rings (SSSR count). The Morgan fingerprint density at radius 2 is 1.53 bits per heavy atom. The van der Waals surface area contributed by atoms with Gasteiger partial charge in [0.15, 0.2) is 0 Å². The SMILES string of the molecule is CCOC(=O)C1=C(C)N(Cc2cccc(C(=O)N[C@@H](Cc3ccccc3)c3ccccc3)c2)C(=O)C[C@H]1c1ccc(C(F)(F)F)cc1. The van der Waals surface area contributed by atoms with Gasteiger partial charge in [-0.2, -0.15) is 13.2 Å². The van der Waals surface area contributed by atoms with E-state index in [1.807, 2.05) is 60.7 Å². The predicted molar refractivity (Wildman–Crippen MR) is 172 cm³/mol. The summed E-state index contributed by atoms with van der Waals surface area (Å²) in [6, 6.07) is 30.8. The van der Waals surface area contributed by atoms with Crippen molar-refractivity contribution in [2.24, 2.45) is 0 Å². The minimum Gasteiger partial charge on any atom is -0.463 e. The van der Waals surface area contributed by atoms with Gasteiger partial charge in [0.05, 0.1) is 30.3 Å². The van der Waals surface area contributed by atoms with E-state index in [1.54, 1.807) is 38.1 Å². The molecular formula is C38H35F3N2O4. The maximum absolute atomic E-state index is 13.6. The number of carbonyl (C=O) groups excluding carboxylic acids is 3. The molecule has 0 aliphatic carbocycles. The molecule has 6 nitrogen and oxygen atoms in total. The summed E-state index contributed by atoms with van der Waals surface area (Å²) < 4.78 is 44.9. The Hall–Kier alpha value is -5.18. The van der Waals surface area contributed by atoms with Gasteiger partial charge in [-0.3, -0.25) is 9.59 Å². The first-order chi connectivity index (χ1) is 22.5. The molecule has 0 unspecified atom stereocenters. The Morgan fingerprint density at radius 3 is 2.17 bits per heavy atom. The van der Waals surface area contributed by atoms with E-state index in [-0.39, 0.29) is 43.0 Å². The van der Waals surface area contributed by atoms with Crippen LogP contribution in [0.2, 0.25) is 0 Å². The van der Waals surface area contributed by atoms with E-state index in [0.29, 0.717) is 28.8 Å². The highest BCUT2D eigenvalue weighted by atomic mass is 19.4. The van der Waals surface area contributed by atoms with E-state index >= 15 is 0 Å². The Bertz CT molecular complexity index is 1750. The van der Waals surface area contributed by atoms with E-state index in [0.717, 1.165) is 23.3 Å². The van der Waals surface area contributed by atoms with Crippen LogP contribution in [0.4, 0.5) is 13.2 Å². The van der Waals surface area contributed by atoms with Gasteiger partial charge in [0, 0.05) is 23.6 Å². The van der Waals surface area contributed by atoms with Crippen LogP contribution in [0.3, 0.4) is 0 Å². The maximum Gasteiger partial charge on any atom is 0.416 e.